The van der Waals surface area contributed by atoms with Gasteiger partial charge in [-0.25, -0.2) is 4.98 Å². The van der Waals surface area contributed by atoms with E-state index in [0.717, 1.165) is 23.7 Å². The highest BCUT2D eigenvalue weighted by Gasteiger charge is 2.12. The number of nitrogens with zero attached hydrogens (tertiary/aromatic N) is 3. The Balaban J connectivity index is 2.63. The molecule has 0 aliphatic carbocycles. The Bertz CT molecular complexity index is 461. The number of pyridine rings is 1. The summed E-state index contributed by atoms with van der Waals surface area (Å²) in [5, 5.41) is 0. The third kappa shape index (κ3) is 1.57. The molecule has 0 unspecified atom stereocenters. The highest BCUT2D eigenvalue weighted by Crippen LogP contribution is 2.19. The van der Waals surface area contributed by atoms with Crippen LogP contribution >= 0.6 is 0 Å². The molecule has 4 heteroatoms. The van der Waals surface area contributed by atoms with Gasteiger partial charge in [-0.15, -0.1) is 0 Å². The molecule has 2 N–H and O–H groups in total. The number of anilines is 1. The third-order valence-corrected chi connectivity index (χ3v) is 2.64. The zero-order valence-corrected chi connectivity index (χ0v) is 9.14. The fourth-order valence-electron chi connectivity index (χ4n) is 1.68. The van der Waals surface area contributed by atoms with Crippen LogP contribution in [0.4, 0.5) is 5.82 Å². The largest absolute Gasteiger partial charge is 0.358 e. The molecule has 0 saturated carbocycles. The average molecular weight is 204 g/mol. The molecular weight excluding hydrogens is 188 g/mol. The van der Waals surface area contributed by atoms with Crippen LogP contribution in [0.15, 0.2) is 24.4 Å². The summed E-state index contributed by atoms with van der Waals surface area (Å²) in [4.78, 5) is 6.67. The normalized spacial score (nSPS) is 10.9. The van der Waals surface area contributed by atoms with E-state index in [1.54, 1.807) is 0 Å². The van der Waals surface area contributed by atoms with Gasteiger partial charge in [-0.2, -0.15) is 0 Å². The van der Waals surface area contributed by atoms with Gasteiger partial charge < -0.3 is 15.0 Å². The Morgan fingerprint density at radius 1 is 1.47 bits per heavy atom. The first kappa shape index (κ1) is 9.98. The summed E-state index contributed by atoms with van der Waals surface area (Å²) >= 11 is 0. The summed E-state index contributed by atoms with van der Waals surface area (Å²) in [7, 11) is 2.03. The van der Waals surface area contributed by atoms with E-state index in [-0.39, 0.29) is 0 Å². The van der Waals surface area contributed by atoms with Crippen LogP contribution in [0.5, 0.6) is 0 Å². The zero-order valence-electron chi connectivity index (χ0n) is 9.14. The molecule has 15 heavy (non-hydrogen) atoms. The quantitative estimate of drug-likeness (QED) is 0.818. The maximum atomic E-state index is 5.77. The van der Waals surface area contributed by atoms with Crippen molar-refractivity contribution in [2.24, 2.45) is 5.73 Å². The minimum atomic E-state index is 0.505. The number of rotatable bonds is 3. The van der Waals surface area contributed by atoms with Crippen molar-refractivity contribution in [3.63, 3.8) is 0 Å². The smallest absolute Gasteiger partial charge is 0.152 e. The van der Waals surface area contributed by atoms with E-state index < -0.39 is 0 Å². The molecule has 2 heterocycles. The van der Waals surface area contributed by atoms with Gasteiger partial charge in [-0.05, 0) is 19.1 Å². The second kappa shape index (κ2) is 3.90. The van der Waals surface area contributed by atoms with E-state index in [4.69, 9.17) is 5.73 Å². The Labute approximate surface area is 89.3 Å². The standard InChI is InChI=1S/C11H16N4/c1-3-14(2)11-9(8-12)15-7-5-4-6-10(15)13-11/h4-7H,3,8,12H2,1-2H3. The molecule has 0 aromatic carbocycles. The van der Waals surface area contributed by atoms with Crippen LogP contribution in [-0.4, -0.2) is 23.0 Å². The second-order valence-corrected chi connectivity index (χ2v) is 3.53. The molecule has 2 rings (SSSR count). The Kier molecular flexibility index (Phi) is 2.60. The van der Waals surface area contributed by atoms with E-state index in [1.807, 2.05) is 35.8 Å². The van der Waals surface area contributed by atoms with E-state index >= 15 is 0 Å². The van der Waals surface area contributed by atoms with Gasteiger partial charge in [0.05, 0.1) is 5.69 Å². The molecule has 0 bridgehead atoms. The molecule has 0 fully saturated rings. The third-order valence-electron chi connectivity index (χ3n) is 2.64. The predicted octanol–water partition coefficient (Wildman–Crippen LogP) is 1.25. The van der Waals surface area contributed by atoms with Crippen molar-refractivity contribution in [1.82, 2.24) is 9.38 Å². The number of hydrogen-bond donors (Lipinski definition) is 1. The maximum Gasteiger partial charge on any atom is 0.152 e. The van der Waals surface area contributed by atoms with Crippen LogP contribution in [0.25, 0.3) is 5.65 Å². The van der Waals surface area contributed by atoms with Crippen molar-refractivity contribution in [3.8, 4) is 0 Å². The van der Waals surface area contributed by atoms with Crippen molar-refractivity contribution >= 4 is 11.5 Å². The Morgan fingerprint density at radius 2 is 2.27 bits per heavy atom. The lowest BCUT2D eigenvalue weighted by atomic mass is 10.4. The molecule has 0 spiro atoms. The molecule has 80 valence electrons. The van der Waals surface area contributed by atoms with Gasteiger partial charge >= 0.3 is 0 Å². The van der Waals surface area contributed by atoms with Crippen LogP contribution in [0.1, 0.15) is 12.6 Å². The summed E-state index contributed by atoms with van der Waals surface area (Å²) in [5.74, 6) is 0.978. The molecule has 0 aliphatic heterocycles. The summed E-state index contributed by atoms with van der Waals surface area (Å²) in [5.41, 5.74) is 7.78. The molecule has 0 radical (unpaired) electrons. The zero-order chi connectivity index (χ0) is 10.8. The first-order valence-corrected chi connectivity index (χ1v) is 5.15. The van der Waals surface area contributed by atoms with Gasteiger partial charge in [0.15, 0.2) is 5.82 Å². The van der Waals surface area contributed by atoms with Gasteiger partial charge in [-0.1, -0.05) is 6.07 Å². The average Bonchev–Trinajstić information content (AvgIpc) is 2.66. The molecule has 0 atom stereocenters. The van der Waals surface area contributed by atoms with Crippen LogP contribution in [0, 0.1) is 0 Å². The van der Waals surface area contributed by atoms with Crippen molar-refractivity contribution < 1.29 is 0 Å². The van der Waals surface area contributed by atoms with E-state index in [0.29, 0.717) is 6.54 Å². The minimum Gasteiger partial charge on any atom is -0.358 e. The van der Waals surface area contributed by atoms with Crippen molar-refractivity contribution in [1.29, 1.82) is 0 Å². The lowest BCUT2D eigenvalue weighted by Gasteiger charge is -2.14. The van der Waals surface area contributed by atoms with Crippen molar-refractivity contribution in [2.75, 3.05) is 18.5 Å². The van der Waals surface area contributed by atoms with Gasteiger partial charge in [0, 0.05) is 26.3 Å². The van der Waals surface area contributed by atoms with E-state index in [2.05, 4.69) is 16.8 Å². The number of fused-ring (bicyclic) bond motifs is 1. The van der Waals surface area contributed by atoms with Gasteiger partial charge in [0.2, 0.25) is 0 Å². The molecule has 0 saturated heterocycles. The Morgan fingerprint density at radius 3 is 2.93 bits per heavy atom. The number of nitrogens with two attached hydrogens (primary N) is 1. The SMILES string of the molecule is CCN(C)c1nc2ccccn2c1CN. The first-order valence-electron chi connectivity index (χ1n) is 5.15. The summed E-state index contributed by atoms with van der Waals surface area (Å²) < 4.78 is 2.04. The molecular formula is C11H16N4. The highest BCUT2D eigenvalue weighted by molar-refractivity contribution is 5.55. The topological polar surface area (TPSA) is 46.6 Å². The fourth-order valence-corrected chi connectivity index (χ4v) is 1.68. The van der Waals surface area contributed by atoms with Crippen molar-refractivity contribution in [2.45, 2.75) is 13.5 Å². The highest BCUT2D eigenvalue weighted by atomic mass is 15.2. The van der Waals surface area contributed by atoms with Crippen LogP contribution in [-0.2, 0) is 6.54 Å². The van der Waals surface area contributed by atoms with E-state index in [9.17, 15) is 0 Å². The Hall–Kier alpha value is -1.55. The maximum absolute atomic E-state index is 5.77. The van der Waals surface area contributed by atoms with Gasteiger partial charge in [0.1, 0.15) is 5.65 Å². The number of hydrogen-bond acceptors (Lipinski definition) is 3. The monoisotopic (exact) mass is 204 g/mol. The van der Waals surface area contributed by atoms with Gasteiger partial charge in [-0.3, -0.25) is 0 Å². The molecule has 2 aromatic rings. The van der Waals surface area contributed by atoms with Gasteiger partial charge in [0.25, 0.3) is 0 Å². The van der Waals surface area contributed by atoms with Crippen LogP contribution < -0.4 is 10.6 Å². The summed E-state index contributed by atoms with van der Waals surface area (Å²) in [6.07, 6.45) is 2.00. The second-order valence-electron chi connectivity index (χ2n) is 3.53. The molecule has 4 nitrogen and oxygen atoms in total. The fraction of sp³-hybridized carbons (Fsp3) is 0.364. The molecule has 2 aromatic heterocycles. The lowest BCUT2D eigenvalue weighted by molar-refractivity contribution is 0.900. The van der Waals surface area contributed by atoms with Crippen molar-refractivity contribution in [3.05, 3.63) is 30.1 Å². The molecule has 0 amide bonds. The van der Waals surface area contributed by atoms with Crippen LogP contribution in [0.2, 0.25) is 0 Å². The number of aromatic nitrogens is 2. The predicted molar refractivity (Wildman–Crippen MR) is 62.0 cm³/mol. The van der Waals surface area contributed by atoms with E-state index in [1.165, 1.54) is 0 Å². The minimum absolute atomic E-state index is 0.505. The summed E-state index contributed by atoms with van der Waals surface area (Å²) in [6.45, 7) is 3.53. The lowest BCUT2D eigenvalue weighted by Crippen LogP contribution is -2.19. The van der Waals surface area contributed by atoms with Crippen LogP contribution in [0.3, 0.4) is 0 Å². The number of imidazole rings is 1. The summed E-state index contributed by atoms with van der Waals surface area (Å²) in [6, 6.07) is 5.97. The molecule has 0 aliphatic rings. The first-order chi connectivity index (χ1) is 7.27.